The molecule has 0 radical (unpaired) electrons. The smallest absolute Gasteiger partial charge is 0.257 e. The predicted molar refractivity (Wildman–Crippen MR) is 101 cm³/mol. The summed E-state index contributed by atoms with van der Waals surface area (Å²) in [5.41, 5.74) is 5.11. The monoisotopic (exact) mass is 433 g/mol. The number of rotatable bonds is 4. The molecule has 0 heterocycles. The SMILES string of the molecule is Nc1cc(F)cc(F)c1NC(=O)c1cc(NC(=O)C2CC2(Cl)Cl)ccc1Cl. The van der Waals surface area contributed by atoms with Crippen LogP contribution in [0, 0.1) is 17.6 Å². The fourth-order valence-electron chi connectivity index (χ4n) is 2.41. The Balaban J connectivity index is 1.80. The average Bonchev–Trinajstić information content (AvgIpc) is 3.21. The normalized spacial score (nSPS) is 17.3. The maximum Gasteiger partial charge on any atom is 0.257 e. The second-order valence-corrected chi connectivity index (χ2v) is 7.96. The minimum absolute atomic E-state index is 0.0450. The topological polar surface area (TPSA) is 84.2 Å². The van der Waals surface area contributed by atoms with Crippen molar-refractivity contribution in [2.24, 2.45) is 5.92 Å². The van der Waals surface area contributed by atoms with Gasteiger partial charge in [0.1, 0.15) is 15.8 Å². The molecule has 0 bridgehead atoms. The molecular formula is C17H12Cl3F2N3O2. The second kappa shape index (κ2) is 7.14. The maximum atomic E-state index is 13.9. The van der Waals surface area contributed by atoms with E-state index in [0.29, 0.717) is 12.5 Å². The number of halogens is 5. The lowest BCUT2D eigenvalue weighted by Gasteiger charge is -2.12. The molecule has 0 saturated heterocycles. The molecule has 1 atom stereocenters. The van der Waals surface area contributed by atoms with Gasteiger partial charge < -0.3 is 16.4 Å². The van der Waals surface area contributed by atoms with Gasteiger partial charge in [0.05, 0.1) is 22.2 Å². The Kier molecular flexibility index (Phi) is 5.20. The van der Waals surface area contributed by atoms with Gasteiger partial charge in [0, 0.05) is 11.8 Å². The van der Waals surface area contributed by atoms with E-state index in [-0.39, 0.29) is 27.6 Å². The Morgan fingerprint density at radius 2 is 1.81 bits per heavy atom. The summed E-state index contributed by atoms with van der Waals surface area (Å²) in [6.45, 7) is 0. The Morgan fingerprint density at radius 3 is 2.41 bits per heavy atom. The van der Waals surface area contributed by atoms with E-state index >= 15 is 0 Å². The zero-order valence-electron chi connectivity index (χ0n) is 13.5. The number of hydrogen-bond donors (Lipinski definition) is 3. The summed E-state index contributed by atoms with van der Waals surface area (Å²) in [6, 6.07) is 5.63. The van der Waals surface area contributed by atoms with Crippen LogP contribution in [0.2, 0.25) is 5.02 Å². The van der Waals surface area contributed by atoms with Crippen LogP contribution in [0.15, 0.2) is 30.3 Å². The standard InChI is InChI=1S/C17H12Cl3F2N3O2/c18-11-2-1-8(24-16(27)10-6-17(10,19)20)5-9(11)15(26)25-14-12(22)3-7(21)4-13(14)23/h1-5,10H,6,23H2,(H,24,27)(H,25,26). The number of nitrogens with two attached hydrogens (primary N) is 1. The minimum atomic E-state index is -1.09. The van der Waals surface area contributed by atoms with Crippen LogP contribution >= 0.6 is 34.8 Å². The first-order valence-electron chi connectivity index (χ1n) is 7.62. The zero-order valence-corrected chi connectivity index (χ0v) is 15.7. The number of anilines is 3. The molecule has 10 heteroatoms. The molecule has 5 nitrogen and oxygen atoms in total. The highest BCUT2D eigenvalue weighted by atomic mass is 35.5. The van der Waals surface area contributed by atoms with Crippen LogP contribution in [-0.4, -0.2) is 16.1 Å². The number of alkyl halides is 2. The molecule has 4 N–H and O–H groups in total. The molecule has 3 rings (SSSR count). The number of hydrogen-bond acceptors (Lipinski definition) is 3. The van der Waals surface area contributed by atoms with Gasteiger partial charge in [-0.25, -0.2) is 8.78 Å². The maximum absolute atomic E-state index is 13.9. The van der Waals surface area contributed by atoms with Crippen LogP contribution in [0.3, 0.4) is 0 Å². The summed E-state index contributed by atoms with van der Waals surface area (Å²) in [5, 5.41) is 4.89. The lowest BCUT2D eigenvalue weighted by atomic mass is 10.1. The molecule has 0 aromatic heterocycles. The Hall–Kier alpha value is -2.09. The molecule has 1 saturated carbocycles. The van der Waals surface area contributed by atoms with Crippen molar-refractivity contribution in [1.29, 1.82) is 0 Å². The van der Waals surface area contributed by atoms with Gasteiger partial charge in [0.25, 0.3) is 5.91 Å². The van der Waals surface area contributed by atoms with Crippen LogP contribution in [0.4, 0.5) is 25.8 Å². The van der Waals surface area contributed by atoms with E-state index in [2.05, 4.69) is 10.6 Å². The van der Waals surface area contributed by atoms with Crippen molar-refractivity contribution in [3.05, 3.63) is 52.6 Å². The van der Waals surface area contributed by atoms with E-state index in [1.165, 1.54) is 18.2 Å². The van der Waals surface area contributed by atoms with Gasteiger partial charge in [-0.15, -0.1) is 23.2 Å². The molecule has 1 aliphatic rings. The van der Waals surface area contributed by atoms with Crippen LogP contribution in [0.5, 0.6) is 0 Å². The van der Waals surface area contributed by atoms with Crippen molar-refractivity contribution in [3.63, 3.8) is 0 Å². The first-order chi connectivity index (χ1) is 12.6. The molecule has 1 aliphatic carbocycles. The number of benzene rings is 2. The summed E-state index contributed by atoms with van der Waals surface area (Å²) >= 11 is 17.7. The van der Waals surface area contributed by atoms with E-state index in [9.17, 15) is 18.4 Å². The Labute approximate surface area is 167 Å². The lowest BCUT2D eigenvalue weighted by molar-refractivity contribution is -0.117. The predicted octanol–water partition coefficient (Wildman–Crippen LogP) is 4.59. The molecule has 2 aromatic carbocycles. The average molecular weight is 435 g/mol. The van der Waals surface area contributed by atoms with E-state index in [1.807, 2.05) is 0 Å². The molecule has 0 spiro atoms. The number of nitrogen functional groups attached to an aromatic ring is 1. The first-order valence-corrected chi connectivity index (χ1v) is 8.76. The van der Waals surface area contributed by atoms with Crippen molar-refractivity contribution in [2.75, 3.05) is 16.4 Å². The van der Waals surface area contributed by atoms with Gasteiger partial charge in [0.15, 0.2) is 5.82 Å². The third-order valence-electron chi connectivity index (χ3n) is 3.95. The third kappa shape index (κ3) is 4.26. The quantitative estimate of drug-likeness (QED) is 0.486. The Bertz CT molecular complexity index is 930. The van der Waals surface area contributed by atoms with Crippen molar-refractivity contribution < 1.29 is 18.4 Å². The molecular weight excluding hydrogens is 423 g/mol. The summed E-state index contributed by atoms with van der Waals surface area (Å²) in [4.78, 5) is 24.5. The number of amides is 2. The minimum Gasteiger partial charge on any atom is -0.397 e. The van der Waals surface area contributed by atoms with Crippen LogP contribution < -0.4 is 16.4 Å². The van der Waals surface area contributed by atoms with Gasteiger partial charge >= 0.3 is 0 Å². The van der Waals surface area contributed by atoms with E-state index in [4.69, 9.17) is 40.5 Å². The van der Waals surface area contributed by atoms with Gasteiger partial charge in [-0.05, 0) is 30.7 Å². The number of carbonyl (C=O) groups excluding carboxylic acids is 2. The number of carbonyl (C=O) groups is 2. The van der Waals surface area contributed by atoms with E-state index in [0.717, 1.165) is 6.07 Å². The Morgan fingerprint density at radius 1 is 1.15 bits per heavy atom. The highest BCUT2D eigenvalue weighted by Gasteiger charge is 2.56. The van der Waals surface area contributed by atoms with Crippen LogP contribution in [-0.2, 0) is 4.79 Å². The summed E-state index contributed by atoms with van der Waals surface area (Å²) in [7, 11) is 0. The molecule has 2 amide bonds. The summed E-state index contributed by atoms with van der Waals surface area (Å²) in [5.74, 6) is -3.65. The fraction of sp³-hybridized carbons (Fsp3) is 0.176. The first kappa shape index (κ1) is 19.7. The van der Waals surface area contributed by atoms with Crippen molar-refractivity contribution >= 4 is 63.7 Å². The summed E-state index contributed by atoms with van der Waals surface area (Å²) < 4.78 is 25.9. The molecule has 0 aliphatic heterocycles. The summed E-state index contributed by atoms with van der Waals surface area (Å²) in [6.07, 6.45) is 0.325. The highest BCUT2D eigenvalue weighted by molar-refractivity contribution is 6.52. The van der Waals surface area contributed by atoms with Crippen molar-refractivity contribution in [1.82, 2.24) is 0 Å². The highest BCUT2D eigenvalue weighted by Crippen LogP contribution is 2.53. The largest absolute Gasteiger partial charge is 0.397 e. The number of nitrogens with one attached hydrogen (secondary N) is 2. The van der Waals surface area contributed by atoms with Crippen molar-refractivity contribution in [2.45, 2.75) is 10.8 Å². The molecule has 142 valence electrons. The zero-order chi connectivity index (χ0) is 19.9. The second-order valence-electron chi connectivity index (χ2n) is 6.01. The lowest BCUT2D eigenvalue weighted by Crippen LogP contribution is -2.18. The fourth-order valence-corrected chi connectivity index (χ4v) is 3.12. The van der Waals surface area contributed by atoms with Gasteiger partial charge in [-0.3, -0.25) is 9.59 Å². The van der Waals surface area contributed by atoms with E-state index < -0.39 is 33.7 Å². The van der Waals surface area contributed by atoms with Gasteiger partial charge in [0.2, 0.25) is 5.91 Å². The van der Waals surface area contributed by atoms with Crippen LogP contribution in [0.25, 0.3) is 0 Å². The van der Waals surface area contributed by atoms with E-state index in [1.54, 1.807) is 0 Å². The molecule has 1 unspecified atom stereocenters. The van der Waals surface area contributed by atoms with Gasteiger partial charge in [-0.2, -0.15) is 0 Å². The van der Waals surface area contributed by atoms with Crippen molar-refractivity contribution in [3.8, 4) is 0 Å². The third-order valence-corrected chi connectivity index (χ3v) is 5.11. The molecule has 27 heavy (non-hydrogen) atoms. The van der Waals surface area contributed by atoms with Gasteiger partial charge in [-0.1, -0.05) is 11.6 Å². The molecule has 1 fully saturated rings. The molecule has 2 aromatic rings. The van der Waals surface area contributed by atoms with Crippen LogP contribution in [0.1, 0.15) is 16.8 Å².